The van der Waals surface area contributed by atoms with E-state index in [9.17, 15) is 4.79 Å². The maximum absolute atomic E-state index is 11.6. The molecule has 0 bridgehead atoms. The van der Waals surface area contributed by atoms with Crippen molar-refractivity contribution in [2.75, 3.05) is 19.8 Å². The highest BCUT2D eigenvalue weighted by Crippen LogP contribution is 2.28. The molecule has 6 heteroatoms. The predicted octanol–water partition coefficient (Wildman–Crippen LogP) is 2.48. The normalized spacial score (nSPS) is 16.8. The molecule has 1 heterocycles. The van der Waals surface area contributed by atoms with E-state index in [4.69, 9.17) is 0 Å². The van der Waals surface area contributed by atoms with Crippen molar-refractivity contribution < 1.29 is 4.79 Å². The van der Waals surface area contributed by atoms with Crippen LogP contribution in [0.25, 0.3) is 0 Å². The van der Waals surface area contributed by atoms with E-state index in [1.807, 2.05) is 0 Å². The Labute approximate surface area is 112 Å². The summed E-state index contributed by atoms with van der Waals surface area (Å²) in [6.45, 7) is 0. The van der Waals surface area contributed by atoms with Crippen LogP contribution in [0.15, 0.2) is 11.5 Å². The SMILES string of the molecule is CN(C)C(=O)n1cnc(SCC2CCCCC2)n1. The zero-order valence-electron chi connectivity index (χ0n) is 11.0. The van der Waals surface area contributed by atoms with Crippen LogP contribution in [-0.2, 0) is 0 Å². The number of carbonyl (C=O) groups excluding carboxylic acids is 1. The van der Waals surface area contributed by atoms with Crippen LogP contribution in [0.5, 0.6) is 0 Å². The minimum atomic E-state index is -0.160. The first-order chi connectivity index (χ1) is 8.66. The van der Waals surface area contributed by atoms with Gasteiger partial charge in [0, 0.05) is 19.8 Å². The third-order valence-electron chi connectivity index (χ3n) is 3.22. The van der Waals surface area contributed by atoms with E-state index < -0.39 is 0 Å². The molecule has 100 valence electrons. The molecule has 1 aliphatic rings. The van der Waals surface area contributed by atoms with Crippen molar-refractivity contribution in [3.8, 4) is 0 Å². The van der Waals surface area contributed by atoms with Crippen LogP contribution in [0.3, 0.4) is 0 Å². The zero-order chi connectivity index (χ0) is 13.0. The molecular weight excluding hydrogens is 248 g/mol. The number of hydrogen-bond acceptors (Lipinski definition) is 4. The summed E-state index contributed by atoms with van der Waals surface area (Å²) >= 11 is 1.66. The molecule has 0 spiro atoms. The van der Waals surface area contributed by atoms with Crippen LogP contribution in [-0.4, -0.2) is 45.5 Å². The lowest BCUT2D eigenvalue weighted by atomic mass is 9.91. The summed E-state index contributed by atoms with van der Waals surface area (Å²) in [5.41, 5.74) is 0. The summed E-state index contributed by atoms with van der Waals surface area (Å²) in [6, 6.07) is -0.160. The minimum absolute atomic E-state index is 0.160. The molecule has 0 unspecified atom stereocenters. The standard InChI is InChI=1S/C12H20N4OS/c1-15(2)12(17)16-9-13-11(14-16)18-8-10-6-4-3-5-7-10/h9-10H,3-8H2,1-2H3. The fourth-order valence-electron chi connectivity index (χ4n) is 2.16. The molecule has 0 radical (unpaired) electrons. The molecule has 0 aromatic carbocycles. The van der Waals surface area contributed by atoms with Gasteiger partial charge in [-0.05, 0) is 18.8 Å². The Morgan fingerprint density at radius 3 is 2.83 bits per heavy atom. The number of nitrogens with zero attached hydrogens (tertiary/aromatic N) is 4. The molecule has 1 aromatic heterocycles. The average molecular weight is 268 g/mol. The lowest BCUT2D eigenvalue weighted by molar-refractivity contribution is 0.215. The van der Waals surface area contributed by atoms with E-state index in [1.165, 1.54) is 48.0 Å². The Morgan fingerprint density at radius 2 is 2.17 bits per heavy atom. The number of thioether (sulfide) groups is 1. The van der Waals surface area contributed by atoms with Gasteiger partial charge in [0.1, 0.15) is 6.33 Å². The largest absolute Gasteiger partial charge is 0.345 e. The topological polar surface area (TPSA) is 51.0 Å². The van der Waals surface area contributed by atoms with E-state index in [1.54, 1.807) is 25.9 Å². The highest BCUT2D eigenvalue weighted by Gasteiger charge is 2.15. The van der Waals surface area contributed by atoms with E-state index >= 15 is 0 Å². The Bertz CT molecular complexity index is 399. The van der Waals surface area contributed by atoms with Crippen molar-refractivity contribution in [1.29, 1.82) is 0 Å². The number of hydrogen-bond donors (Lipinski definition) is 0. The summed E-state index contributed by atoms with van der Waals surface area (Å²) < 4.78 is 1.29. The van der Waals surface area contributed by atoms with Crippen molar-refractivity contribution in [2.24, 2.45) is 5.92 Å². The molecule has 2 rings (SSSR count). The van der Waals surface area contributed by atoms with Crippen LogP contribution in [0, 0.1) is 5.92 Å². The van der Waals surface area contributed by atoms with Crippen LogP contribution >= 0.6 is 11.8 Å². The summed E-state index contributed by atoms with van der Waals surface area (Å²) in [6.07, 6.45) is 8.23. The molecule has 0 aliphatic heterocycles. The van der Waals surface area contributed by atoms with Gasteiger partial charge in [0.15, 0.2) is 0 Å². The quantitative estimate of drug-likeness (QED) is 0.790. The second-order valence-electron chi connectivity index (χ2n) is 4.96. The number of rotatable bonds is 3. The number of aromatic nitrogens is 3. The summed E-state index contributed by atoms with van der Waals surface area (Å²) in [7, 11) is 3.41. The molecule has 1 amide bonds. The van der Waals surface area contributed by atoms with Crippen LogP contribution < -0.4 is 0 Å². The molecule has 5 nitrogen and oxygen atoms in total. The first-order valence-electron chi connectivity index (χ1n) is 6.43. The maximum atomic E-state index is 11.6. The van der Waals surface area contributed by atoms with Gasteiger partial charge in [-0.25, -0.2) is 9.78 Å². The fraction of sp³-hybridized carbons (Fsp3) is 0.750. The Kier molecular flexibility index (Phi) is 4.63. The Morgan fingerprint density at radius 1 is 1.44 bits per heavy atom. The second-order valence-corrected chi connectivity index (χ2v) is 5.95. The van der Waals surface area contributed by atoms with Gasteiger partial charge in [0.25, 0.3) is 0 Å². The third kappa shape index (κ3) is 3.48. The molecule has 0 saturated heterocycles. The molecule has 18 heavy (non-hydrogen) atoms. The molecule has 0 atom stereocenters. The first kappa shape index (κ1) is 13.4. The van der Waals surface area contributed by atoms with Gasteiger partial charge in [-0.1, -0.05) is 31.0 Å². The Hall–Kier alpha value is -1.04. The number of carbonyl (C=O) groups is 1. The van der Waals surface area contributed by atoms with Crippen LogP contribution in [0.2, 0.25) is 0 Å². The van der Waals surface area contributed by atoms with Crippen molar-refractivity contribution in [3.05, 3.63) is 6.33 Å². The molecule has 1 aromatic rings. The maximum Gasteiger partial charge on any atom is 0.345 e. The van der Waals surface area contributed by atoms with Gasteiger partial charge < -0.3 is 4.90 Å². The summed E-state index contributed by atoms with van der Waals surface area (Å²) in [5, 5.41) is 4.90. The van der Waals surface area contributed by atoms with Crippen LogP contribution in [0.4, 0.5) is 4.79 Å². The highest BCUT2D eigenvalue weighted by atomic mass is 32.2. The summed E-state index contributed by atoms with van der Waals surface area (Å²) in [5.74, 6) is 1.86. The first-order valence-corrected chi connectivity index (χ1v) is 7.41. The van der Waals surface area contributed by atoms with Gasteiger partial charge >= 0.3 is 6.03 Å². The highest BCUT2D eigenvalue weighted by molar-refractivity contribution is 7.99. The number of amides is 1. The molecule has 0 N–H and O–H groups in total. The van der Waals surface area contributed by atoms with E-state index in [-0.39, 0.29) is 6.03 Å². The lowest BCUT2D eigenvalue weighted by Gasteiger charge is -2.20. The third-order valence-corrected chi connectivity index (χ3v) is 4.31. The monoisotopic (exact) mass is 268 g/mol. The smallest absolute Gasteiger partial charge is 0.329 e. The Balaban J connectivity index is 1.84. The van der Waals surface area contributed by atoms with Gasteiger partial charge in [-0.3, -0.25) is 0 Å². The van der Waals surface area contributed by atoms with Crippen molar-refractivity contribution >= 4 is 17.8 Å². The fourth-order valence-corrected chi connectivity index (χ4v) is 3.14. The summed E-state index contributed by atoms with van der Waals surface area (Å²) in [4.78, 5) is 17.3. The van der Waals surface area contributed by atoms with Crippen molar-refractivity contribution in [1.82, 2.24) is 19.7 Å². The van der Waals surface area contributed by atoms with E-state index in [2.05, 4.69) is 10.1 Å². The van der Waals surface area contributed by atoms with Gasteiger partial charge in [-0.2, -0.15) is 4.68 Å². The van der Waals surface area contributed by atoms with Gasteiger partial charge in [0.2, 0.25) is 5.16 Å². The molecule has 1 aliphatic carbocycles. The second kappa shape index (κ2) is 6.22. The molecule has 1 saturated carbocycles. The van der Waals surface area contributed by atoms with E-state index in [0.717, 1.165) is 11.7 Å². The van der Waals surface area contributed by atoms with Crippen molar-refractivity contribution in [2.45, 2.75) is 37.3 Å². The lowest BCUT2D eigenvalue weighted by Crippen LogP contribution is -2.27. The van der Waals surface area contributed by atoms with Crippen molar-refractivity contribution in [3.63, 3.8) is 0 Å². The zero-order valence-corrected chi connectivity index (χ0v) is 11.8. The molecule has 1 fully saturated rings. The predicted molar refractivity (Wildman–Crippen MR) is 71.8 cm³/mol. The van der Waals surface area contributed by atoms with Gasteiger partial charge in [0.05, 0.1) is 0 Å². The molecular formula is C12H20N4OS. The average Bonchev–Trinajstić information content (AvgIpc) is 2.85. The minimum Gasteiger partial charge on any atom is -0.329 e. The van der Waals surface area contributed by atoms with E-state index in [0.29, 0.717) is 5.16 Å². The van der Waals surface area contributed by atoms with Crippen LogP contribution in [0.1, 0.15) is 32.1 Å². The van der Waals surface area contributed by atoms with Gasteiger partial charge in [-0.15, -0.1) is 5.10 Å².